The fourth-order valence-electron chi connectivity index (χ4n) is 3.42. The minimum Gasteiger partial charge on any atom is -0.368 e. The molecule has 0 saturated heterocycles. The largest absolute Gasteiger partial charge is 0.368 e. The third-order valence-electron chi connectivity index (χ3n) is 4.77. The number of rotatable bonds is 6. The van der Waals surface area contributed by atoms with Crippen LogP contribution in [0.3, 0.4) is 0 Å². The van der Waals surface area contributed by atoms with Gasteiger partial charge in [-0.15, -0.1) is 11.8 Å². The number of carbonyl (C=O) groups excluding carboxylic acids is 1. The molecule has 4 heteroatoms. The number of nitrogens with one attached hydrogen (secondary N) is 1. The van der Waals surface area contributed by atoms with Crippen molar-refractivity contribution in [1.82, 2.24) is 5.32 Å². The average Bonchev–Trinajstić information content (AvgIpc) is 2.87. The highest BCUT2D eigenvalue weighted by Crippen LogP contribution is 2.39. The summed E-state index contributed by atoms with van der Waals surface area (Å²) in [7, 11) is 1.86. The van der Waals surface area contributed by atoms with E-state index in [4.69, 9.17) is 5.73 Å². The Hall–Kier alpha value is -1.00. The normalized spacial score (nSPS) is 25.2. The van der Waals surface area contributed by atoms with Crippen molar-refractivity contribution >= 4 is 17.7 Å². The van der Waals surface area contributed by atoms with E-state index >= 15 is 0 Å². The van der Waals surface area contributed by atoms with E-state index in [0.29, 0.717) is 5.92 Å². The lowest BCUT2D eigenvalue weighted by molar-refractivity contribution is -0.125. The fourth-order valence-corrected chi connectivity index (χ4v) is 4.61. The smallest absolute Gasteiger partial charge is 0.238 e. The van der Waals surface area contributed by atoms with Crippen LogP contribution >= 0.6 is 11.8 Å². The molecule has 1 aromatic rings. The second kappa shape index (κ2) is 6.84. The topological polar surface area (TPSA) is 55.1 Å². The average molecular weight is 306 g/mol. The van der Waals surface area contributed by atoms with Gasteiger partial charge in [-0.05, 0) is 63.5 Å². The Morgan fingerprint density at radius 1 is 1.48 bits per heavy atom. The van der Waals surface area contributed by atoms with Gasteiger partial charge >= 0.3 is 0 Å². The maximum Gasteiger partial charge on any atom is 0.238 e. The third-order valence-corrected chi connectivity index (χ3v) is 5.96. The molecule has 3 nitrogen and oxygen atoms in total. The molecule has 1 amide bonds. The summed E-state index contributed by atoms with van der Waals surface area (Å²) in [5.41, 5.74) is 7.79. The second-order valence-electron chi connectivity index (χ2n) is 6.08. The Morgan fingerprint density at radius 3 is 2.90 bits per heavy atom. The molecule has 0 radical (unpaired) electrons. The highest BCUT2D eigenvalue weighted by Gasteiger charge is 2.45. The number of likely N-dealkylation sites (N-methyl/N-ethyl adjacent to an activating group) is 1. The van der Waals surface area contributed by atoms with Crippen LogP contribution in [0.5, 0.6) is 0 Å². The van der Waals surface area contributed by atoms with Gasteiger partial charge in [0.2, 0.25) is 5.91 Å². The molecule has 2 unspecified atom stereocenters. The van der Waals surface area contributed by atoms with Gasteiger partial charge in [-0.3, -0.25) is 4.79 Å². The lowest BCUT2D eigenvalue weighted by Crippen LogP contribution is -2.56. The van der Waals surface area contributed by atoms with E-state index in [9.17, 15) is 4.79 Å². The first kappa shape index (κ1) is 16.4. The van der Waals surface area contributed by atoms with E-state index in [1.165, 1.54) is 16.0 Å². The Kier molecular flexibility index (Phi) is 5.33. The SMILES string of the molecule is CNC1(C(N)=O)CCCC1CCSc1cc(C)ccc1C. The van der Waals surface area contributed by atoms with Crippen LogP contribution < -0.4 is 11.1 Å². The van der Waals surface area contributed by atoms with E-state index in [2.05, 4.69) is 37.4 Å². The molecule has 116 valence electrons. The van der Waals surface area contributed by atoms with E-state index in [0.717, 1.165) is 31.4 Å². The summed E-state index contributed by atoms with van der Waals surface area (Å²) < 4.78 is 0. The molecular weight excluding hydrogens is 280 g/mol. The Morgan fingerprint density at radius 2 is 2.24 bits per heavy atom. The van der Waals surface area contributed by atoms with Gasteiger partial charge in [0.25, 0.3) is 0 Å². The molecule has 2 rings (SSSR count). The van der Waals surface area contributed by atoms with Crippen LogP contribution in [0.2, 0.25) is 0 Å². The van der Waals surface area contributed by atoms with Crippen molar-refractivity contribution < 1.29 is 4.79 Å². The third kappa shape index (κ3) is 3.43. The lowest BCUT2D eigenvalue weighted by atomic mass is 9.84. The Bertz CT molecular complexity index is 518. The molecule has 0 spiro atoms. The summed E-state index contributed by atoms with van der Waals surface area (Å²) in [5, 5.41) is 3.21. The highest BCUT2D eigenvalue weighted by molar-refractivity contribution is 7.99. The number of amides is 1. The first-order valence-corrected chi connectivity index (χ1v) is 8.67. The second-order valence-corrected chi connectivity index (χ2v) is 7.22. The van der Waals surface area contributed by atoms with E-state index in [1.807, 2.05) is 18.8 Å². The summed E-state index contributed by atoms with van der Waals surface area (Å²) in [6.45, 7) is 4.28. The first-order chi connectivity index (χ1) is 9.99. The van der Waals surface area contributed by atoms with Crippen molar-refractivity contribution in [3.8, 4) is 0 Å². The molecule has 1 aromatic carbocycles. The van der Waals surface area contributed by atoms with Gasteiger partial charge in [0.15, 0.2) is 0 Å². The predicted molar refractivity (Wildman–Crippen MR) is 89.6 cm³/mol. The van der Waals surface area contributed by atoms with Crippen molar-refractivity contribution in [3.05, 3.63) is 29.3 Å². The number of hydrogen-bond acceptors (Lipinski definition) is 3. The number of benzene rings is 1. The van der Waals surface area contributed by atoms with Crippen LogP contribution in [0.4, 0.5) is 0 Å². The maximum atomic E-state index is 11.8. The van der Waals surface area contributed by atoms with Crippen LogP contribution in [0.15, 0.2) is 23.1 Å². The molecule has 1 saturated carbocycles. The number of primary amides is 1. The monoisotopic (exact) mass is 306 g/mol. The van der Waals surface area contributed by atoms with Crippen LogP contribution in [-0.4, -0.2) is 24.2 Å². The fraction of sp³-hybridized carbons (Fsp3) is 0.588. The predicted octanol–water partition coefficient (Wildman–Crippen LogP) is 3.03. The molecular formula is C17H26N2OS. The zero-order valence-electron chi connectivity index (χ0n) is 13.2. The van der Waals surface area contributed by atoms with Crippen LogP contribution in [0, 0.1) is 19.8 Å². The van der Waals surface area contributed by atoms with Crippen LogP contribution in [0.1, 0.15) is 36.8 Å². The van der Waals surface area contributed by atoms with Crippen LogP contribution in [0.25, 0.3) is 0 Å². The summed E-state index contributed by atoms with van der Waals surface area (Å²) in [6.07, 6.45) is 4.08. The number of hydrogen-bond donors (Lipinski definition) is 2. The van der Waals surface area contributed by atoms with Gasteiger partial charge in [-0.25, -0.2) is 0 Å². The number of carbonyl (C=O) groups is 1. The summed E-state index contributed by atoms with van der Waals surface area (Å²) >= 11 is 1.89. The number of aryl methyl sites for hydroxylation is 2. The molecule has 3 N–H and O–H groups in total. The van der Waals surface area contributed by atoms with E-state index < -0.39 is 5.54 Å². The summed E-state index contributed by atoms with van der Waals surface area (Å²) in [5.74, 6) is 1.20. The van der Waals surface area contributed by atoms with Gasteiger partial charge in [-0.1, -0.05) is 24.1 Å². The maximum absolute atomic E-state index is 11.8. The minimum absolute atomic E-state index is 0.191. The van der Waals surface area contributed by atoms with Crippen molar-refractivity contribution in [1.29, 1.82) is 0 Å². The Balaban J connectivity index is 1.96. The van der Waals surface area contributed by atoms with Gasteiger partial charge in [0, 0.05) is 4.90 Å². The molecule has 1 aliphatic rings. The quantitative estimate of drug-likeness (QED) is 0.794. The molecule has 0 aliphatic heterocycles. The number of nitrogens with two attached hydrogens (primary N) is 1. The standard InChI is InChI=1S/C17H26N2OS/c1-12-6-7-13(2)15(11-12)21-10-8-14-5-4-9-17(14,19-3)16(18)20/h6-7,11,14,19H,4-5,8-10H2,1-3H3,(H2,18,20). The van der Waals surface area contributed by atoms with Gasteiger partial charge < -0.3 is 11.1 Å². The molecule has 0 heterocycles. The summed E-state index contributed by atoms with van der Waals surface area (Å²) in [4.78, 5) is 13.2. The van der Waals surface area contributed by atoms with Crippen molar-refractivity contribution in [2.75, 3.05) is 12.8 Å². The number of thioether (sulfide) groups is 1. The zero-order chi connectivity index (χ0) is 15.5. The minimum atomic E-state index is -0.484. The molecule has 1 aliphatic carbocycles. The Labute approximate surface area is 132 Å². The molecule has 0 bridgehead atoms. The van der Waals surface area contributed by atoms with Gasteiger partial charge in [-0.2, -0.15) is 0 Å². The molecule has 21 heavy (non-hydrogen) atoms. The van der Waals surface area contributed by atoms with E-state index in [-0.39, 0.29) is 5.91 Å². The van der Waals surface area contributed by atoms with E-state index in [1.54, 1.807) is 0 Å². The van der Waals surface area contributed by atoms with Crippen molar-refractivity contribution in [2.24, 2.45) is 11.7 Å². The highest BCUT2D eigenvalue weighted by atomic mass is 32.2. The zero-order valence-corrected chi connectivity index (χ0v) is 14.1. The first-order valence-electron chi connectivity index (χ1n) is 7.68. The van der Waals surface area contributed by atoms with Crippen LogP contribution in [-0.2, 0) is 4.79 Å². The van der Waals surface area contributed by atoms with Gasteiger partial charge in [0.05, 0.1) is 0 Å². The molecule has 1 fully saturated rings. The summed E-state index contributed by atoms with van der Waals surface area (Å²) in [6, 6.07) is 6.57. The lowest BCUT2D eigenvalue weighted by Gasteiger charge is -2.32. The van der Waals surface area contributed by atoms with Gasteiger partial charge in [0.1, 0.15) is 5.54 Å². The van der Waals surface area contributed by atoms with Crippen molar-refractivity contribution in [2.45, 2.75) is 50.0 Å². The molecule has 0 aromatic heterocycles. The molecule has 2 atom stereocenters. The van der Waals surface area contributed by atoms with Crippen molar-refractivity contribution in [3.63, 3.8) is 0 Å².